The van der Waals surface area contributed by atoms with E-state index in [2.05, 4.69) is 38.3 Å². The van der Waals surface area contributed by atoms with Crippen molar-refractivity contribution >= 4 is 43.7 Å². The van der Waals surface area contributed by atoms with Crippen LogP contribution in [0.3, 0.4) is 0 Å². The van der Waals surface area contributed by atoms with Gasteiger partial charge in [0.1, 0.15) is 48.5 Å². The molecule has 286 valence electrons. The number of aryl methyl sites for hydroxylation is 2. The molecule has 1 fully saturated rings. The molecule has 28 heteroatoms. The number of fused-ring (bicyclic) bond motifs is 3. The third kappa shape index (κ3) is 9.78. The zero-order valence-corrected chi connectivity index (χ0v) is 35.2. The Morgan fingerprint density at radius 1 is 0.982 bits per heavy atom. The molecule has 0 aliphatic carbocycles. The van der Waals surface area contributed by atoms with E-state index in [1.807, 2.05) is 4.98 Å². The van der Waals surface area contributed by atoms with Crippen LogP contribution in [0.25, 0.3) is 33.7 Å². The van der Waals surface area contributed by atoms with Crippen molar-refractivity contribution < 1.29 is 122 Å². The van der Waals surface area contributed by atoms with E-state index < -0.39 is 89.5 Å². The first-order valence-corrected chi connectivity index (χ1v) is 18.3. The number of aliphatic hydroxyl groups excluding tert-OH is 5. The predicted molar refractivity (Wildman–Crippen MR) is 172 cm³/mol. The fraction of sp³-hybridized carbons (Fsp3) is 0.444. The second kappa shape index (κ2) is 17.8. The minimum Gasteiger partial charge on any atom is -0.756 e. The maximum absolute atomic E-state index is 12.5. The van der Waals surface area contributed by atoms with Crippen LogP contribution in [-0.4, -0.2) is 114 Å². The van der Waals surface area contributed by atoms with Gasteiger partial charge in [0, 0.05) is 0 Å². The third-order valence-electron chi connectivity index (χ3n) is 8.38. The van der Waals surface area contributed by atoms with Gasteiger partial charge in [0.15, 0.2) is 29.2 Å². The molecule has 0 radical (unpaired) electrons. The molecule has 9 atom stereocenters. The monoisotopic (exact) mass is 834 g/mol. The number of aliphatic hydroxyl groups is 5. The number of H-pyrrole nitrogens is 1. The van der Waals surface area contributed by atoms with Crippen molar-refractivity contribution in [1.29, 1.82) is 0 Å². The SMILES string of the molecule is Cc1cc2nc3c(=O)[nH]c(=O)nc-3n(C[C@@H](O)[C@@H](O)[C@@H](O)COP(=O)([O-])OP(=O)([O-])O[13CH2][13C@H]3O[13C@@H](n4cnc5c(N)ncnc54)[13C@H](O)[13C@@H]3O)c2cc1C.[Na+].[Na+]. The number of hydrogen-bond donors (Lipinski definition) is 7. The molecule has 6 rings (SSSR count). The van der Waals surface area contributed by atoms with Gasteiger partial charge in [0.25, 0.3) is 21.2 Å². The summed E-state index contributed by atoms with van der Waals surface area (Å²) in [5.74, 6) is -0.243. The van der Waals surface area contributed by atoms with Crippen LogP contribution in [0.4, 0.5) is 5.82 Å². The summed E-state index contributed by atoms with van der Waals surface area (Å²) in [4.78, 5) is 71.1. The van der Waals surface area contributed by atoms with Crippen LogP contribution in [-0.2, 0) is 33.8 Å². The van der Waals surface area contributed by atoms with Crippen LogP contribution in [0.2, 0.25) is 0 Å². The van der Waals surface area contributed by atoms with Gasteiger partial charge in [-0.1, -0.05) is 0 Å². The topological polar surface area (TPSA) is 369 Å². The van der Waals surface area contributed by atoms with Gasteiger partial charge in [-0.3, -0.25) is 23.5 Å². The Bertz CT molecular complexity index is 2370. The molecular formula is C27H31N9Na2O15P2. The van der Waals surface area contributed by atoms with Gasteiger partial charge >= 0.3 is 64.8 Å². The van der Waals surface area contributed by atoms with E-state index in [1.165, 1.54) is 15.5 Å². The third-order valence-corrected chi connectivity index (χ3v) is 10.9. The van der Waals surface area contributed by atoms with Crippen LogP contribution in [0.5, 0.6) is 0 Å². The maximum atomic E-state index is 12.5. The smallest absolute Gasteiger partial charge is 0.756 e. The number of rotatable bonds is 13. The molecule has 0 bridgehead atoms. The summed E-state index contributed by atoms with van der Waals surface area (Å²) < 4.78 is 45.7. The molecule has 0 amide bonds. The van der Waals surface area contributed by atoms with Gasteiger partial charge in [0.2, 0.25) is 0 Å². The number of nitrogens with two attached hydrogens (primary N) is 1. The summed E-state index contributed by atoms with van der Waals surface area (Å²) in [5, 5.41) is 52.9. The molecule has 2 unspecified atom stereocenters. The zero-order valence-electron chi connectivity index (χ0n) is 29.4. The van der Waals surface area contributed by atoms with Crippen LogP contribution in [0.15, 0.2) is 34.4 Å². The average Bonchev–Trinajstić information content (AvgIpc) is 3.63. The van der Waals surface area contributed by atoms with Crippen molar-refractivity contribution in [3.63, 3.8) is 0 Å². The molecule has 24 nitrogen and oxygen atoms in total. The maximum Gasteiger partial charge on any atom is 1.00 e. The number of phosphoric acid groups is 2. The summed E-state index contributed by atoms with van der Waals surface area (Å²) in [6.07, 6.45) is -10.3. The van der Waals surface area contributed by atoms with Crippen molar-refractivity contribution in [3.05, 3.63) is 56.8 Å². The van der Waals surface area contributed by atoms with Crippen LogP contribution in [0.1, 0.15) is 17.4 Å². The zero-order chi connectivity index (χ0) is 38.6. The summed E-state index contributed by atoms with van der Waals surface area (Å²) in [6, 6.07) is 3.27. The number of anilines is 1. The van der Waals surface area contributed by atoms with Crippen molar-refractivity contribution in [3.8, 4) is 11.5 Å². The first-order chi connectivity index (χ1) is 24.9. The number of imidazole rings is 1. The largest absolute Gasteiger partial charge is 1.00 e. The predicted octanol–water partition coefficient (Wildman–Crippen LogP) is -9.68. The summed E-state index contributed by atoms with van der Waals surface area (Å²) >= 11 is 0. The van der Waals surface area contributed by atoms with E-state index in [0.717, 1.165) is 17.5 Å². The Morgan fingerprint density at radius 2 is 1.65 bits per heavy atom. The molecule has 1 aromatic carbocycles. The Labute approximate surface area is 352 Å². The minimum absolute atomic E-state index is 0. The first-order valence-electron chi connectivity index (χ1n) is 15.4. The van der Waals surface area contributed by atoms with Gasteiger partial charge < -0.3 is 59.4 Å². The number of nitrogen functional groups attached to an aromatic ring is 1. The molecule has 5 heterocycles. The Kier molecular flexibility index (Phi) is 14.7. The molecule has 3 aliphatic heterocycles. The number of aromatic amines is 1. The van der Waals surface area contributed by atoms with Crippen LogP contribution in [0, 0.1) is 13.8 Å². The summed E-state index contributed by atoms with van der Waals surface area (Å²) in [5.41, 5.74) is 5.97. The Balaban J connectivity index is 0.00000336. The summed E-state index contributed by atoms with van der Waals surface area (Å²) in [7, 11) is -11.6. The molecule has 8 N–H and O–H groups in total. The van der Waals surface area contributed by atoms with Crippen molar-refractivity contribution in [2.24, 2.45) is 0 Å². The number of ether oxygens (including phenoxy) is 1. The Morgan fingerprint density at radius 3 is 2.36 bits per heavy atom. The second-order valence-electron chi connectivity index (χ2n) is 12.0. The van der Waals surface area contributed by atoms with Gasteiger partial charge in [0.05, 0.1) is 37.1 Å². The molecule has 2 aromatic heterocycles. The molecule has 1 saturated heterocycles. The van der Waals surface area contributed by atoms with Crippen LogP contribution >= 0.6 is 15.6 Å². The van der Waals surface area contributed by atoms with Crippen molar-refractivity contribution in [1.82, 2.24) is 39.0 Å². The number of nitrogens with zero attached hydrogens (tertiary/aromatic N) is 7. The molecule has 55 heavy (non-hydrogen) atoms. The molecular weight excluding hydrogens is 803 g/mol. The number of nitrogens with one attached hydrogen (secondary N) is 1. The van der Waals surface area contributed by atoms with E-state index in [4.69, 9.17) is 10.5 Å². The molecule has 3 aliphatic rings. The van der Waals surface area contributed by atoms with Gasteiger partial charge in [-0.15, -0.1) is 0 Å². The van der Waals surface area contributed by atoms with E-state index in [0.29, 0.717) is 0 Å². The number of phosphoric ester groups is 2. The normalized spacial score (nSPS) is 22.4. The number of hydrogen-bond acceptors (Lipinski definition) is 21. The van der Waals surface area contributed by atoms with Gasteiger partial charge in [-0.05, 0) is 37.1 Å². The van der Waals surface area contributed by atoms with E-state index in [-0.39, 0.29) is 98.6 Å². The van der Waals surface area contributed by atoms with E-state index in [9.17, 15) is 54.0 Å². The van der Waals surface area contributed by atoms with E-state index >= 15 is 0 Å². The van der Waals surface area contributed by atoms with Gasteiger partial charge in [-0.2, -0.15) is 4.98 Å². The number of aromatic nitrogens is 8. The summed E-state index contributed by atoms with van der Waals surface area (Å²) in [6.45, 7) is 0.570. The molecule has 0 spiro atoms. The number of benzene rings is 1. The quantitative estimate of drug-likeness (QED) is 0.0251. The molecule has 0 saturated carbocycles. The fourth-order valence-corrected chi connectivity index (χ4v) is 7.56. The minimum atomic E-state index is -5.85. The van der Waals surface area contributed by atoms with Crippen molar-refractivity contribution in [2.75, 3.05) is 18.9 Å². The van der Waals surface area contributed by atoms with Crippen molar-refractivity contribution in [2.45, 2.75) is 63.2 Å². The van der Waals surface area contributed by atoms with E-state index in [1.54, 1.807) is 26.0 Å². The Hall–Kier alpha value is -2.13. The standard InChI is InChI=1S/C27H33N9O15P2.2Na/c1-10-3-12-13(4-11(10)2)35(24-18(32-12)25(42)34-27(43)33-24)5-14(37)19(39)15(38)6-48-52(44,45)51-53(46,47)49-7-16-20(40)21(41)26(50-16)36-9-31-17-22(28)29-8-30-23(17)36;;/h3-4,8-9,14-16,19-21,26,37-41H,5-7H2,1-2H3,(H,44,45)(H,46,47)(H2,28,29,30)(H,34,42,43);;/q;2*+1/p-2/t14-,15+,16-,19-,20-,21-,26-;;/m1../s1/i7+1,16+1,20+1,21+1,26+1;;. The van der Waals surface area contributed by atoms with Gasteiger partial charge in [-0.25, -0.2) is 29.0 Å². The molecule has 3 aromatic rings. The first kappa shape index (κ1) is 45.6. The fourth-order valence-electron chi connectivity index (χ4n) is 5.54. The second-order valence-corrected chi connectivity index (χ2v) is 15.0. The average molecular weight is 834 g/mol. The van der Waals surface area contributed by atoms with Crippen LogP contribution < -0.4 is 85.9 Å².